The fourth-order valence-electron chi connectivity index (χ4n) is 2.33. The smallest absolute Gasteiger partial charge is 0.266 e. The van der Waals surface area contributed by atoms with E-state index in [-0.39, 0.29) is 12.3 Å². The Hall–Kier alpha value is -2.58. The van der Waals surface area contributed by atoms with Gasteiger partial charge in [-0.25, -0.2) is 10.3 Å². The van der Waals surface area contributed by atoms with Crippen LogP contribution >= 0.6 is 15.9 Å². The van der Waals surface area contributed by atoms with Gasteiger partial charge in [0.1, 0.15) is 6.04 Å². The quantitative estimate of drug-likeness (QED) is 0.610. The number of imide groups is 1. The molecule has 3 amide bonds. The number of aromatic nitrogens is 1. The van der Waals surface area contributed by atoms with Crippen LogP contribution in [0.2, 0.25) is 0 Å². The van der Waals surface area contributed by atoms with Crippen LogP contribution in [0.5, 0.6) is 0 Å². The van der Waals surface area contributed by atoms with Gasteiger partial charge in [-0.3, -0.25) is 24.8 Å². The van der Waals surface area contributed by atoms with Gasteiger partial charge in [0.15, 0.2) is 0 Å². The van der Waals surface area contributed by atoms with E-state index in [9.17, 15) is 14.4 Å². The van der Waals surface area contributed by atoms with Crippen LogP contribution in [0, 0.1) is 0 Å². The number of pyridine rings is 1. The summed E-state index contributed by atoms with van der Waals surface area (Å²) in [6, 6.07) is 9.28. The van der Waals surface area contributed by atoms with Crippen LogP contribution in [0.25, 0.3) is 0 Å². The zero-order valence-corrected chi connectivity index (χ0v) is 14.0. The van der Waals surface area contributed by atoms with Crippen LogP contribution in [-0.2, 0) is 9.59 Å². The molecule has 7 nitrogen and oxygen atoms in total. The highest BCUT2D eigenvalue weighted by Crippen LogP contribution is 2.24. The Balaban J connectivity index is 1.66. The number of carbonyl (C=O) groups is 3. The molecule has 1 aromatic carbocycles. The lowest BCUT2D eigenvalue weighted by Gasteiger charge is -2.16. The minimum Gasteiger partial charge on any atom is -0.287 e. The SMILES string of the molecule is O=C(NN[C@@H]1CC(=O)N(c2ccc(Br)cc2)C1=O)c1cccnc1. The molecule has 0 bridgehead atoms. The molecule has 0 saturated carbocycles. The number of nitrogens with one attached hydrogen (secondary N) is 2. The summed E-state index contributed by atoms with van der Waals surface area (Å²) >= 11 is 3.31. The van der Waals surface area contributed by atoms with E-state index in [0.717, 1.165) is 9.37 Å². The van der Waals surface area contributed by atoms with Gasteiger partial charge in [0.25, 0.3) is 11.8 Å². The third kappa shape index (κ3) is 3.34. The summed E-state index contributed by atoms with van der Waals surface area (Å²) in [5.41, 5.74) is 5.91. The molecule has 122 valence electrons. The minimum atomic E-state index is -0.804. The van der Waals surface area contributed by atoms with Crippen molar-refractivity contribution >= 4 is 39.3 Å². The predicted octanol–water partition coefficient (Wildman–Crippen LogP) is 1.41. The van der Waals surface area contributed by atoms with Gasteiger partial charge < -0.3 is 0 Å². The maximum atomic E-state index is 12.4. The summed E-state index contributed by atoms with van der Waals surface area (Å²) in [6.07, 6.45) is 2.94. The molecule has 8 heteroatoms. The van der Waals surface area contributed by atoms with Crippen molar-refractivity contribution in [2.45, 2.75) is 12.5 Å². The van der Waals surface area contributed by atoms with E-state index in [2.05, 4.69) is 31.8 Å². The summed E-state index contributed by atoms with van der Waals surface area (Å²) in [5.74, 6) is -1.16. The van der Waals surface area contributed by atoms with Gasteiger partial charge in [0, 0.05) is 16.9 Å². The lowest BCUT2D eigenvalue weighted by atomic mass is 10.2. The first kappa shape index (κ1) is 16.3. The Morgan fingerprint density at radius 3 is 2.62 bits per heavy atom. The predicted molar refractivity (Wildman–Crippen MR) is 89.9 cm³/mol. The molecule has 1 aliphatic heterocycles. The number of benzene rings is 1. The van der Waals surface area contributed by atoms with E-state index in [4.69, 9.17) is 0 Å². The van der Waals surface area contributed by atoms with Gasteiger partial charge in [0.2, 0.25) is 5.91 Å². The van der Waals surface area contributed by atoms with Crippen LogP contribution in [0.15, 0.2) is 53.3 Å². The molecule has 1 fully saturated rings. The Kier molecular flexibility index (Phi) is 4.68. The Bertz CT molecular complexity index is 780. The molecule has 1 atom stereocenters. The van der Waals surface area contributed by atoms with Gasteiger partial charge >= 0.3 is 0 Å². The number of hydrogen-bond acceptors (Lipinski definition) is 5. The zero-order valence-electron chi connectivity index (χ0n) is 12.4. The Labute approximate surface area is 146 Å². The van der Waals surface area contributed by atoms with Crippen molar-refractivity contribution in [3.05, 3.63) is 58.8 Å². The van der Waals surface area contributed by atoms with Crippen molar-refractivity contribution < 1.29 is 14.4 Å². The average molecular weight is 389 g/mol. The number of amides is 3. The highest BCUT2D eigenvalue weighted by Gasteiger charge is 2.39. The molecule has 0 radical (unpaired) electrons. The summed E-state index contributed by atoms with van der Waals surface area (Å²) < 4.78 is 0.851. The van der Waals surface area contributed by atoms with Crippen LogP contribution in [0.3, 0.4) is 0 Å². The lowest BCUT2D eigenvalue weighted by molar-refractivity contribution is -0.121. The average Bonchev–Trinajstić information content (AvgIpc) is 2.88. The molecule has 2 N–H and O–H groups in total. The number of rotatable bonds is 4. The van der Waals surface area contributed by atoms with Crippen LogP contribution < -0.4 is 15.8 Å². The van der Waals surface area contributed by atoms with Crippen LogP contribution in [0.4, 0.5) is 5.69 Å². The second-order valence-corrected chi connectivity index (χ2v) is 6.06. The molecule has 0 spiro atoms. The maximum Gasteiger partial charge on any atom is 0.266 e. The molecule has 1 aromatic heterocycles. The first-order valence-corrected chi connectivity index (χ1v) is 7.94. The van der Waals surface area contributed by atoms with Crippen molar-refractivity contribution in [2.24, 2.45) is 0 Å². The third-order valence-corrected chi connectivity index (χ3v) is 4.04. The van der Waals surface area contributed by atoms with E-state index in [1.165, 1.54) is 6.20 Å². The maximum absolute atomic E-state index is 12.4. The number of hydrogen-bond donors (Lipinski definition) is 2. The summed E-state index contributed by atoms with van der Waals surface area (Å²) in [6.45, 7) is 0. The minimum absolute atomic E-state index is 0.0256. The normalized spacial score (nSPS) is 17.2. The first-order chi connectivity index (χ1) is 11.6. The standard InChI is InChI=1S/C16H13BrN4O3/c17-11-3-5-12(6-4-11)21-14(22)8-13(16(21)24)19-20-15(23)10-2-1-7-18-9-10/h1-7,9,13,19H,8H2,(H,20,23)/t13-/m1/s1. The molecule has 0 aliphatic carbocycles. The molecule has 2 aromatic rings. The number of halogens is 1. The monoisotopic (exact) mass is 388 g/mol. The Morgan fingerprint density at radius 1 is 1.21 bits per heavy atom. The van der Waals surface area contributed by atoms with E-state index in [0.29, 0.717) is 11.3 Å². The van der Waals surface area contributed by atoms with E-state index >= 15 is 0 Å². The van der Waals surface area contributed by atoms with Gasteiger partial charge in [-0.1, -0.05) is 15.9 Å². The van der Waals surface area contributed by atoms with Gasteiger partial charge in [-0.15, -0.1) is 0 Å². The molecular formula is C16H13BrN4O3. The molecule has 3 rings (SSSR count). The summed E-state index contributed by atoms with van der Waals surface area (Å²) in [7, 11) is 0. The van der Waals surface area contributed by atoms with E-state index in [1.54, 1.807) is 42.6 Å². The van der Waals surface area contributed by atoms with Crippen molar-refractivity contribution in [2.75, 3.05) is 4.90 Å². The van der Waals surface area contributed by atoms with E-state index < -0.39 is 17.9 Å². The van der Waals surface area contributed by atoms with Gasteiger partial charge in [0.05, 0.1) is 17.7 Å². The summed E-state index contributed by atoms with van der Waals surface area (Å²) in [5, 5.41) is 0. The van der Waals surface area contributed by atoms with Crippen molar-refractivity contribution in [1.29, 1.82) is 0 Å². The van der Waals surface area contributed by atoms with Crippen LogP contribution in [0.1, 0.15) is 16.8 Å². The topological polar surface area (TPSA) is 91.4 Å². The van der Waals surface area contributed by atoms with E-state index in [1.807, 2.05) is 0 Å². The van der Waals surface area contributed by atoms with Gasteiger partial charge in [-0.05, 0) is 36.4 Å². The molecule has 24 heavy (non-hydrogen) atoms. The third-order valence-electron chi connectivity index (χ3n) is 3.52. The highest BCUT2D eigenvalue weighted by molar-refractivity contribution is 9.10. The number of nitrogens with zero attached hydrogens (tertiary/aromatic N) is 2. The molecule has 1 aliphatic rings. The lowest BCUT2D eigenvalue weighted by Crippen LogP contribution is -2.48. The second-order valence-electron chi connectivity index (χ2n) is 5.14. The fourth-order valence-corrected chi connectivity index (χ4v) is 2.59. The second kappa shape index (κ2) is 6.90. The summed E-state index contributed by atoms with van der Waals surface area (Å²) in [4.78, 5) is 41.5. The zero-order chi connectivity index (χ0) is 17.1. The number of anilines is 1. The first-order valence-electron chi connectivity index (χ1n) is 7.14. The number of hydrazine groups is 1. The van der Waals surface area contributed by atoms with Crippen molar-refractivity contribution in [3.8, 4) is 0 Å². The molecule has 0 unspecified atom stereocenters. The van der Waals surface area contributed by atoms with Crippen LogP contribution in [-0.4, -0.2) is 28.7 Å². The van der Waals surface area contributed by atoms with Crippen molar-refractivity contribution in [3.63, 3.8) is 0 Å². The Morgan fingerprint density at radius 2 is 1.96 bits per heavy atom. The van der Waals surface area contributed by atoms with Crippen molar-refractivity contribution in [1.82, 2.24) is 15.8 Å². The molecular weight excluding hydrogens is 376 g/mol. The highest BCUT2D eigenvalue weighted by atomic mass is 79.9. The largest absolute Gasteiger partial charge is 0.287 e. The number of carbonyl (C=O) groups excluding carboxylic acids is 3. The molecule has 2 heterocycles. The molecule has 1 saturated heterocycles. The fraction of sp³-hybridized carbons (Fsp3) is 0.125. The van der Waals surface area contributed by atoms with Gasteiger partial charge in [-0.2, -0.15) is 0 Å².